The van der Waals surface area contributed by atoms with Gasteiger partial charge in [-0.05, 0) is 13.0 Å². The van der Waals surface area contributed by atoms with Crippen LogP contribution >= 0.6 is 23.1 Å². The first kappa shape index (κ1) is 12.2. The van der Waals surface area contributed by atoms with Crippen molar-refractivity contribution in [3.63, 3.8) is 0 Å². The second-order valence-corrected chi connectivity index (χ2v) is 5.80. The molecule has 0 saturated carbocycles. The van der Waals surface area contributed by atoms with Gasteiger partial charge in [-0.2, -0.15) is 0 Å². The Morgan fingerprint density at radius 1 is 1.53 bits per heavy atom. The molecule has 4 nitrogen and oxygen atoms in total. The molecule has 2 N–H and O–H groups in total. The molecule has 0 aliphatic carbocycles. The van der Waals surface area contributed by atoms with Crippen LogP contribution in [0.25, 0.3) is 0 Å². The molecule has 0 radical (unpaired) electrons. The van der Waals surface area contributed by atoms with Crippen LogP contribution in [0.3, 0.4) is 0 Å². The Kier molecular flexibility index (Phi) is 3.86. The third kappa shape index (κ3) is 3.34. The van der Waals surface area contributed by atoms with Gasteiger partial charge in [0.25, 0.3) is 5.56 Å². The van der Waals surface area contributed by atoms with E-state index >= 15 is 0 Å². The number of nitrogens with two attached hydrogens (primary N) is 1. The van der Waals surface area contributed by atoms with Crippen molar-refractivity contribution in [2.45, 2.75) is 17.8 Å². The molecule has 2 heterocycles. The maximum Gasteiger partial charge on any atom is 0.250 e. The molecule has 0 aromatic carbocycles. The van der Waals surface area contributed by atoms with Crippen LogP contribution in [-0.4, -0.2) is 15.3 Å². The van der Waals surface area contributed by atoms with Crippen LogP contribution in [0.5, 0.6) is 0 Å². The molecule has 0 aliphatic rings. The number of thiazole rings is 1. The molecular weight excluding hydrogens is 254 g/mol. The lowest BCUT2D eigenvalue weighted by Gasteiger charge is -2.04. The summed E-state index contributed by atoms with van der Waals surface area (Å²) in [6, 6.07) is 3.11. The van der Waals surface area contributed by atoms with Crippen molar-refractivity contribution in [3.05, 3.63) is 39.8 Å². The highest BCUT2D eigenvalue weighted by molar-refractivity contribution is 8.00. The average Bonchev–Trinajstić information content (AvgIpc) is 2.69. The fraction of sp³-hybridized carbons (Fsp3) is 0.273. The standard InChI is InChI=1S/C11H13N3OS2/c1-8-7-17-11(13-8)16-5-4-14-6-9(12)2-3-10(14)15/h2-3,6-7H,4-5,12H2,1H3. The lowest BCUT2D eigenvalue weighted by Crippen LogP contribution is -2.19. The lowest BCUT2D eigenvalue weighted by atomic mass is 10.4. The third-order valence-corrected chi connectivity index (χ3v) is 4.28. The molecule has 0 unspecified atom stereocenters. The molecule has 0 saturated heterocycles. The highest BCUT2D eigenvalue weighted by Gasteiger charge is 2.01. The smallest absolute Gasteiger partial charge is 0.250 e. The highest BCUT2D eigenvalue weighted by Crippen LogP contribution is 2.22. The number of aromatic nitrogens is 2. The Morgan fingerprint density at radius 2 is 2.35 bits per heavy atom. The van der Waals surface area contributed by atoms with Gasteiger partial charge in [0, 0.05) is 41.3 Å². The van der Waals surface area contributed by atoms with Gasteiger partial charge in [-0.25, -0.2) is 4.98 Å². The average molecular weight is 267 g/mol. The Bertz CT molecular complexity index is 562. The summed E-state index contributed by atoms with van der Waals surface area (Å²) in [6.45, 7) is 2.62. The van der Waals surface area contributed by atoms with Crippen LogP contribution < -0.4 is 11.3 Å². The Balaban J connectivity index is 1.94. The number of nitrogens with zero attached hydrogens (tertiary/aromatic N) is 2. The lowest BCUT2D eigenvalue weighted by molar-refractivity contribution is 0.737. The topological polar surface area (TPSA) is 60.9 Å². The van der Waals surface area contributed by atoms with Crippen molar-refractivity contribution >= 4 is 28.8 Å². The van der Waals surface area contributed by atoms with Crippen LogP contribution in [-0.2, 0) is 6.54 Å². The number of hydrogen-bond acceptors (Lipinski definition) is 5. The summed E-state index contributed by atoms with van der Waals surface area (Å²) in [4.78, 5) is 15.9. The van der Waals surface area contributed by atoms with Gasteiger partial charge in [0.15, 0.2) is 0 Å². The predicted octanol–water partition coefficient (Wildman–Crippen LogP) is 1.99. The Labute approximate surface area is 107 Å². The Morgan fingerprint density at radius 3 is 3.06 bits per heavy atom. The molecule has 2 rings (SSSR count). The van der Waals surface area contributed by atoms with E-state index in [1.54, 1.807) is 39.9 Å². The number of pyridine rings is 1. The van der Waals surface area contributed by atoms with E-state index in [0.717, 1.165) is 15.8 Å². The monoisotopic (exact) mass is 267 g/mol. The highest BCUT2D eigenvalue weighted by atomic mass is 32.2. The number of hydrogen-bond donors (Lipinski definition) is 1. The molecule has 90 valence electrons. The molecule has 0 spiro atoms. The zero-order chi connectivity index (χ0) is 12.3. The largest absolute Gasteiger partial charge is 0.398 e. The molecule has 0 atom stereocenters. The van der Waals surface area contributed by atoms with Gasteiger partial charge in [0.1, 0.15) is 4.34 Å². The SMILES string of the molecule is Cc1csc(SCCn2cc(N)ccc2=O)n1. The molecule has 2 aromatic rings. The molecule has 0 fully saturated rings. The number of nitrogen functional groups attached to an aromatic ring is 1. The van der Waals surface area contributed by atoms with E-state index in [4.69, 9.17) is 5.73 Å². The Hall–Kier alpha value is -1.27. The number of anilines is 1. The minimum Gasteiger partial charge on any atom is -0.398 e. The van der Waals surface area contributed by atoms with Crippen molar-refractivity contribution in [1.82, 2.24) is 9.55 Å². The molecule has 0 bridgehead atoms. The summed E-state index contributed by atoms with van der Waals surface area (Å²) in [5, 5.41) is 2.02. The van der Waals surface area contributed by atoms with Gasteiger partial charge in [0.2, 0.25) is 0 Å². The first-order valence-electron chi connectivity index (χ1n) is 5.16. The molecule has 0 amide bonds. The van der Waals surface area contributed by atoms with Gasteiger partial charge < -0.3 is 10.3 Å². The summed E-state index contributed by atoms with van der Waals surface area (Å²) in [6.07, 6.45) is 1.68. The summed E-state index contributed by atoms with van der Waals surface area (Å²) in [7, 11) is 0. The minimum absolute atomic E-state index is 0.0184. The fourth-order valence-corrected chi connectivity index (χ4v) is 3.21. The van der Waals surface area contributed by atoms with Crippen LogP contribution in [0.4, 0.5) is 5.69 Å². The third-order valence-electron chi connectivity index (χ3n) is 2.16. The first-order chi connectivity index (χ1) is 8.15. The second kappa shape index (κ2) is 5.37. The summed E-state index contributed by atoms with van der Waals surface area (Å²) in [5.41, 5.74) is 7.27. The van der Waals surface area contributed by atoms with E-state index in [0.29, 0.717) is 12.2 Å². The van der Waals surface area contributed by atoms with E-state index in [1.807, 2.05) is 12.3 Å². The maximum absolute atomic E-state index is 11.5. The molecule has 17 heavy (non-hydrogen) atoms. The van der Waals surface area contributed by atoms with Crippen LogP contribution in [0, 0.1) is 6.92 Å². The zero-order valence-corrected chi connectivity index (χ0v) is 11.1. The maximum atomic E-state index is 11.5. The quantitative estimate of drug-likeness (QED) is 0.861. The van der Waals surface area contributed by atoms with Crippen LogP contribution in [0.2, 0.25) is 0 Å². The van der Waals surface area contributed by atoms with Crippen molar-refractivity contribution < 1.29 is 0 Å². The minimum atomic E-state index is -0.0184. The summed E-state index contributed by atoms with van der Waals surface area (Å²) in [5.74, 6) is 0.816. The number of aryl methyl sites for hydroxylation is 2. The van der Waals surface area contributed by atoms with Crippen molar-refractivity contribution in [2.24, 2.45) is 0 Å². The second-order valence-electron chi connectivity index (χ2n) is 3.60. The molecule has 2 aromatic heterocycles. The summed E-state index contributed by atoms with van der Waals surface area (Å²) < 4.78 is 2.67. The van der Waals surface area contributed by atoms with Gasteiger partial charge in [-0.15, -0.1) is 11.3 Å². The van der Waals surface area contributed by atoms with Crippen molar-refractivity contribution in [3.8, 4) is 0 Å². The van der Waals surface area contributed by atoms with Crippen molar-refractivity contribution in [1.29, 1.82) is 0 Å². The molecule has 0 aliphatic heterocycles. The van der Waals surface area contributed by atoms with E-state index < -0.39 is 0 Å². The van der Waals surface area contributed by atoms with Gasteiger partial charge >= 0.3 is 0 Å². The molecular formula is C11H13N3OS2. The van der Waals surface area contributed by atoms with Crippen LogP contribution in [0.15, 0.2) is 32.8 Å². The first-order valence-corrected chi connectivity index (χ1v) is 7.02. The zero-order valence-electron chi connectivity index (χ0n) is 9.42. The molecule has 6 heteroatoms. The van der Waals surface area contributed by atoms with E-state index in [2.05, 4.69) is 4.98 Å². The van der Waals surface area contributed by atoms with E-state index in [1.165, 1.54) is 6.07 Å². The van der Waals surface area contributed by atoms with Crippen LogP contribution in [0.1, 0.15) is 5.69 Å². The van der Waals surface area contributed by atoms with Gasteiger partial charge in [-0.3, -0.25) is 4.79 Å². The number of rotatable bonds is 4. The van der Waals surface area contributed by atoms with Gasteiger partial charge in [0.05, 0.1) is 0 Å². The predicted molar refractivity (Wildman–Crippen MR) is 72.7 cm³/mol. The number of thioether (sulfide) groups is 1. The van der Waals surface area contributed by atoms with Gasteiger partial charge in [-0.1, -0.05) is 11.8 Å². The summed E-state index contributed by atoms with van der Waals surface area (Å²) >= 11 is 3.29. The van der Waals surface area contributed by atoms with Crippen molar-refractivity contribution in [2.75, 3.05) is 11.5 Å². The normalized spacial score (nSPS) is 10.6. The fourth-order valence-electron chi connectivity index (χ4n) is 1.35. The van der Waals surface area contributed by atoms with E-state index in [9.17, 15) is 4.79 Å². The van der Waals surface area contributed by atoms with E-state index in [-0.39, 0.29) is 5.56 Å².